The number of nitrogens with two attached hydrogens (primary N) is 1. The molecule has 4 aromatic rings. The largest absolute Gasteiger partial charge is 0.368 e. The molecule has 6 nitrogen and oxygen atoms in total. The normalized spacial score (nSPS) is 10.8. The Morgan fingerprint density at radius 2 is 2.00 bits per heavy atom. The van der Waals surface area contributed by atoms with Crippen molar-refractivity contribution < 1.29 is 4.79 Å². The van der Waals surface area contributed by atoms with Gasteiger partial charge in [0.15, 0.2) is 0 Å². The minimum Gasteiger partial charge on any atom is -0.368 e. The highest BCUT2D eigenvalue weighted by molar-refractivity contribution is 5.96. The van der Waals surface area contributed by atoms with E-state index in [-0.39, 0.29) is 11.9 Å². The first-order valence-electron chi connectivity index (χ1n) is 8.90. The second kappa shape index (κ2) is 7.44. The van der Waals surface area contributed by atoms with Crippen molar-refractivity contribution in [2.24, 2.45) is 0 Å². The number of rotatable bonds is 4. The zero-order valence-corrected chi connectivity index (χ0v) is 15.4. The average molecular weight is 369 g/mol. The van der Waals surface area contributed by atoms with E-state index in [4.69, 9.17) is 5.73 Å². The Morgan fingerprint density at radius 1 is 1.11 bits per heavy atom. The number of hydrogen-bond acceptors (Lipinski definition) is 5. The fraction of sp³-hybridized carbons (Fsp3) is 0.0909. The van der Waals surface area contributed by atoms with Crippen molar-refractivity contribution in [1.29, 1.82) is 0 Å². The van der Waals surface area contributed by atoms with E-state index in [0.29, 0.717) is 12.1 Å². The van der Waals surface area contributed by atoms with Crippen molar-refractivity contribution in [3.05, 3.63) is 83.8 Å². The molecule has 0 aliphatic heterocycles. The van der Waals surface area contributed by atoms with Crippen LogP contribution in [0.15, 0.2) is 67.1 Å². The number of aromatic nitrogens is 3. The zero-order chi connectivity index (χ0) is 19.5. The Kier molecular flexibility index (Phi) is 4.68. The summed E-state index contributed by atoms with van der Waals surface area (Å²) in [5.41, 5.74) is 11.1. The molecule has 0 fully saturated rings. The van der Waals surface area contributed by atoms with E-state index in [0.717, 1.165) is 33.2 Å². The number of hydrogen-bond donors (Lipinski definition) is 2. The van der Waals surface area contributed by atoms with E-state index < -0.39 is 0 Å². The SMILES string of the molecule is Cc1ccc(C(=O)NCc2cccnc2)cc1-c1ccc2nc(N)ncc2c1. The van der Waals surface area contributed by atoms with Crippen LogP contribution in [0.1, 0.15) is 21.5 Å². The number of nitrogens with zero attached hydrogens (tertiary/aromatic N) is 3. The van der Waals surface area contributed by atoms with Gasteiger partial charge in [0.05, 0.1) is 5.52 Å². The van der Waals surface area contributed by atoms with E-state index >= 15 is 0 Å². The molecule has 0 spiro atoms. The van der Waals surface area contributed by atoms with Crippen LogP contribution in [0.3, 0.4) is 0 Å². The number of benzene rings is 2. The summed E-state index contributed by atoms with van der Waals surface area (Å²) in [4.78, 5) is 24.9. The Labute approximate surface area is 162 Å². The summed E-state index contributed by atoms with van der Waals surface area (Å²) in [6.45, 7) is 2.46. The maximum Gasteiger partial charge on any atom is 0.251 e. The first-order chi connectivity index (χ1) is 13.6. The van der Waals surface area contributed by atoms with Gasteiger partial charge >= 0.3 is 0 Å². The van der Waals surface area contributed by atoms with Crippen LogP contribution < -0.4 is 11.1 Å². The summed E-state index contributed by atoms with van der Waals surface area (Å²) in [7, 11) is 0. The number of fused-ring (bicyclic) bond motifs is 1. The standard InChI is InChI=1S/C22H19N5O/c1-14-4-5-17(21(28)25-12-15-3-2-8-24-11-15)10-19(14)16-6-7-20-18(9-16)13-26-22(23)27-20/h2-11,13H,12H2,1H3,(H,25,28)(H2,23,26,27). The van der Waals surface area contributed by atoms with E-state index in [2.05, 4.69) is 20.3 Å². The summed E-state index contributed by atoms with van der Waals surface area (Å²) in [5.74, 6) is 0.130. The van der Waals surface area contributed by atoms with E-state index in [1.165, 1.54) is 0 Å². The molecule has 2 aromatic heterocycles. The van der Waals surface area contributed by atoms with Gasteiger partial charge in [-0.25, -0.2) is 9.97 Å². The van der Waals surface area contributed by atoms with Crippen LogP contribution in [0.2, 0.25) is 0 Å². The number of aryl methyl sites for hydroxylation is 1. The van der Waals surface area contributed by atoms with Gasteiger partial charge in [0.25, 0.3) is 5.91 Å². The van der Waals surface area contributed by atoms with Gasteiger partial charge in [0.2, 0.25) is 5.95 Å². The van der Waals surface area contributed by atoms with Gasteiger partial charge in [-0.1, -0.05) is 18.2 Å². The van der Waals surface area contributed by atoms with Crippen molar-refractivity contribution in [2.75, 3.05) is 5.73 Å². The molecule has 0 saturated heterocycles. The minimum atomic E-state index is -0.123. The lowest BCUT2D eigenvalue weighted by Gasteiger charge is -2.11. The van der Waals surface area contributed by atoms with Crippen LogP contribution in [0.25, 0.3) is 22.0 Å². The number of amides is 1. The van der Waals surface area contributed by atoms with Gasteiger partial charge in [-0.15, -0.1) is 0 Å². The monoisotopic (exact) mass is 369 g/mol. The Bertz CT molecular complexity index is 1160. The molecule has 4 rings (SSSR count). The molecule has 2 aromatic carbocycles. The van der Waals surface area contributed by atoms with Crippen molar-refractivity contribution in [3.63, 3.8) is 0 Å². The number of carbonyl (C=O) groups excluding carboxylic acids is 1. The van der Waals surface area contributed by atoms with Gasteiger partial charge in [0, 0.05) is 36.1 Å². The van der Waals surface area contributed by atoms with Gasteiger partial charge in [0.1, 0.15) is 0 Å². The Balaban J connectivity index is 1.61. The molecule has 0 unspecified atom stereocenters. The van der Waals surface area contributed by atoms with Gasteiger partial charge in [-0.2, -0.15) is 0 Å². The second-order valence-corrected chi connectivity index (χ2v) is 6.58. The lowest BCUT2D eigenvalue weighted by molar-refractivity contribution is 0.0951. The first kappa shape index (κ1) is 17.6. The number of nitrogens with one attached hydrogen (secondary N) is 1. The van der Waals surface area contributed by atoms with Crippen LogP contribution >= 0.6 is 0 Å². The van der Waals surface area contributed by atoms with E-state index in [1.807, 2.05) is 55.5 Å². The summed E-state index contributed by atoms with van der Waals surface area (Å²) in [5, 5.41) is 3.84. The van der Waals surface area contributed by atoms with E-state index in [9.17, 15) is 4.79 Å². The van der Waals surface area contributed by atoms with Crippen molar-refractivity contribution in [3.8, 4) is 11.1 Å². The van der Waals surface area contributed by atoms with Crippen molar-refractivity contribution >= 4 is 22.8 Å². The molecule has 28 heavy (non-hydrogen) atoms. The third-order valence-corrected chi connectivity index (χ3v) is 4.59. The molecular weight excluding hydrogens is 350 g/mol. The molecule has 0 saturated carbocycles. The maximum atomic E-state index is 12.6. The van der Waals surface area contributed by atoms with Crippen LogP contribution in [0.4, 0.5) is 5.95 Å². The number of pyridine rings is 1. The highest BCUT2D eigenvalue weighted by atomic mass is 16.1. The molecular formula is C22H19N5O. The summed E-state index contributed by atoms with van der Waals surface area (Å²) in [6.07, 6.45) is 5.16. The molecule has 0 radical (unpaired) electrons. The van der Waals surface area contributed by atoms with Crippen LogP contribution in [-0.4, -0.2) is 20.9 Å². The number of anilines is 1. The molecule has 3 N–H and O–H groups in total. The second-order valence-electron chi connectivity index (χ2n) is 6.58. The first-order valence-corrected chi connectivity index (χ1v) is 8.90. The summed E-state index contributed by atoms with van der Waals surface area (Å²) in [6, 6.07) is 15.4. The van der Waals surface area contributed by atoms with Gasteiger partial charge in [-0.05, 0) is 59.5 Å². The van der Waals surface area contributed by atoms with Crippen molar-refractivity contribution in [2.45, 2.75) is 13.5 Å². The third kappa shape index (κ3) is 3.66. The fourth-order valence-corrected chi connectivity index (χ4v) is 3.08. The molecule has 2 heterocycles. The zero-order valence-electron chi connectivity index (χ0n) is 15.4. The predicted octanol–water partition coefficient (Wildman–Crippen LogP) is 3.51. The topological polar surface area (TPSA) is 93.8 Å². The van der Waals surface area contributed by atoms with E-state index in [1.54, 1.807) is 18.6 Å². The summed E-state index contributed by atoms with van der Waals surface area (Å²) < 4.78 is 0. The van der Waals surface area contributed by atoms with Crippen LogP contribution in [0, 0.1) is 6.92 Å². The summed E-state index contributed by atoms with van der Waals surface area (Å²) >= 11 is 0. The third-order valence-electron chi connectivity index (χ3n) is 4.59. The molecule has 0 aliphatic rings. The lowest BCUT2D eigenvalue weighted by atomic mass is 9.97. The molecule has 0 aliphatic carbocycles. The number of nitrogen functional groups attached to an aromatic ring is 1. The van der Waals surface area contributed by atoms with Crippen LogP contribution in [-0.2, 0) is 6.54 Å². The Morgan fingerprint density at radius 3 is 2.82 bits per heavy atom. The Hall–Kier alpha value is -3.80. The molecule has 138 valence electrons. The van der Waals surface area contributed by atoms with Crippen LogP contribution in [0.5, 0.6) is 0 Å². The molecule has 6 heteroatoms. The average Bonchev–Trinajstić information content (AvgIpc) is 2.73. The predicted molar refractivity (Wildman–Crippen MR) is 110 cm³/mol. The molecule has 1 amide bonds. The highest BCUT2D eigenvalue weighted by Crippen LogP contribution is 2.27. The minimum absolute atomic E-state index is 0.123. The fourth-order valence-electron chi connectivity index (χ4n) is 3.08. The maximum absolute atomic E-state index is 12.6. The van der Waals surface area contributed by atoms with Crippen molar-refractivity contribution in [1.82, 2.24) is 20.3 Å². The van der Waals surface area contributed by atoms with Gasteiger partial charge in [-0.3, -0.25) is 9.78 Å². The highest BCUT2D eigenvalue weighted by Gasteiger charge is 2.10. The number of carbonyl (C=O) groups is 1. The molecule has 0 bridgehead atoms. The quantitative estimate of drug-likeness (QED) is 0.574. The van der Waals surface area contributed by atoms with Gasteiger partial charge < -0.3 is 11.1 Å². The smallest absolute Gasteiger partial charge is 0.251 e. The lowest BCUT2D eigenvalue weighted by Crippen LogP contribution is -2.22. The molecule has 0 atom stereocenters.